The third-order valence-corrected chi connectivity index (χ3v) is 6.28. The highest BCUT2D eigenvalue weighted by Crippen LogP contribution is 2.34. The summed E-state index contributed by atoms with van der Waals surface area (Å²) >= 11 is 1.37. The van der Waals surface area contributed by atoms with E-state index >= 15 is 0 Å². The first-order valence-corrected chi connectivity index (χ1v) is 11.8. The van der Waals surface area contributed by atoms with E-state index in [9.17, 15) is 4.79 Å². The Hall–Kier alpha value is -3.00. The molecule has 8 heteroatoms. The van der Waals surface area contributed by atoms with E-state index in [1.165, 1.54) is 11.8 Å². The Bertz CT molecular complexity index is 1080. The number of aromatic nitrogens is 3. The van der Waals surface area contributed by atoms with E-state index in [0.29, 0.717) is 18.4 Å². The summed E-state index contributed by atoms with van der Waals surface area (Å²) in [7, 11) is 0. The van der Waals surface area contributed by atoms with Gasteiger partial charge in [-0.15, -0.1) is 10.2 Å². The Labute approximate surface area is 192 Å². The van der Waals surface area contributed by atoms with Gasteiger partial charge in [-0.1, -0.05) is 49.9 Å². The van der Waals surface area contributed by atoms with Gasteiger partial charge in [0.2, 0.25) is 5.91 Å². The molecule has 3 aromatic rings. The summed E-state index contributed by atoms with van der Waals surface area (Å²) < 4.78 is 13.5. The maximum atomic E-state index is 12.8. The molecular weight excluding hydrogens is 424 g/mol. The Morgan fingerprint density at radius 2 is 1.94 bits per heavy atom. The van der Waals surface area contributed by atoms with Crippen LogP contribution in [0, 0.1) is 12.8 Å². The summed E-state index contributed by atoms with van der Waals surface area (Å²) in [4.78, 5) is 12.8. The molecule has 0 radical (unpaired) electrons. The molecule has 0 saturated carbocycles. The van der Waals surface area contributed by atoms with E-state index in [4.69, 9.17) is 9.47 Å². The van der Waals surface area contributed by atoms with E-state index < -0.39 is 0 Å². The monoisotopic (exact) mass is 452 g/mol. The lowest BCUT2D eigenvalue weighted by Gasteiger charge is -2.24. The fourth-order valence-corrected chi connectivity index (χ4v) is 4.41. The standard InChI is InChI=1S/C24H28N4O3S/c1-16(2)23(18-9-10-20-21(13-18)31-12-6-11-30-20)26-22(29)14-32-24-27-25-15-28(24)19-8-5-4-7-17(19)3/h4-5,7-10,13,15-16,23H,6,11-12,14H2,1-3H3,(H,26,29). The number of amides is 1. The van der Waals surface area contributed by atoms with Gasteiger partial charge in [0.05, 0.1) is 30.7 Å². The van der Waals surface area contributed by atoms with Gasteiger partial charge >= 0.3 is 0 Å². The number of nitrogens with one attached hydrogen (secondary N) is 1. The van der Waals surface area contributed by atoms with Gasteiger partial charge in [-0.2, -0.15) is 0 Å². The molecular formula is C24H28N4O3S. The predicted molar refractivity (Wildman–Crippen MR) is 125 cm³/mol. The summed E-state index contributed by atoms with van der Waals surface area (Å²) in [6.07, 6.45) is 2.54. The number of ether oxygens (including phenoxy) is 2. The summed E-state index contributed by atoms with van der Waals surface area (Å²) in [5, 5.41) is 12.1. The average Bonchev–Trinajstić information content (AvgIpc) is 3.12. The Morgan fingerprint density at radius 3 is 2.72 bits per heavy atom. The molecule has 0 fully saturated rings. The molecule has 7 nitrogen and oxygen atoms in total. The number of carbonyl (C=O) groups excluding carboxylic acids is 1. The number of hydrogen-bond acceptors (Lipinski definition) is 6. The lowest BCUT2D eigenvalue weighted by molar-refractivity contribution is -0.119. The second-order valence-electron chi connectivity index (χ2n) is 8.10. The largest absolute Gasteiger partial charge is 0.490 e. The smallest absolute Gasteiger partial charge is 0.230 e. The molecule has 0 spiro atoms. The van der Waals surface area contributed by atoms with Crippen LogP contribution >= 0.6 is 11.8 Å². The molecule has 0 bridgehead atoms. The van der Waals surface area contributed by atoms with Crippen molar-refractivity contribution in [3.8, 4) is 17.2 Å². The van der Waals surface area contributed by atoms with E-state index in [2.05, 4.69) is 29.4 Å². The van der Waals surface area contributed by atoms with Crippen molar-refractivity contribution in [2.24, 2.45) is 5.92 Å². The van der Waals surface area contributed by atoms with Crippen molar-refractivity contribution < 1.29 is 14.3 Å². The first-order valence-electron chi connectivity index (χ1n) is 10.8. The molecule has 4 rings (SSSR count). The zero-order chi connectivity index (χ0) is 22.5. The van der Waals surface area contributed by atoms with Crippen LogP contribution in [0.1, 0.15) is 37.4 Å². The maximum absolute atomic E-state index is 12.8. The van der Waals surface area contributed by atoms with Crippen LogP contribution in [0.25, 0.3) is 5.69 Å². The summed E-state index contributed by atoms with van der Waals surface area (Å²) in [5.41, 5.74) is 3.13. The highest BCUT2D eigenvalue weighted by atomic mass is 32.2. The Kier molecular flexibility index (Phi) is 6.99. The number of benzene rings is 2. The molecule has 0 saturated heterocycles. The molecule has 1 amide bonds. The minimum Gasteiger partial charge on any atom is -0.490 e. The van der Waals surface area contributed by atoms with Gasteiger partial charge in [-0.25, -0.2) is 0 Å². The molecule has 0 aliphatic carbocycles. The molecule has 1 N–H and O–H groups in total. The van der Waals surface area contributed by atoms with Crippen molar-refractivity contribution in [1.29, 1.82) is 0 Å². The van der Waals surface area contributed by atoms with Crippen LogP contribution in [0.2, 0.25) is 0 Å². The lowest BCUT2D eigenvalue weighted by atomic mass is 9.95. The number of rotatable bonds is 7. The van der Waals surface area contributed by atoms with Crippen LogP contribution in [0.15, 0.2) is 53.9 Å². The van der Waals surface area contributed by atoms with Crippen LogP contribution in [0.4, 0.5) is 0 Å². The molecule has 1 aliphatic rings. The number of aryl methyl sites for hydroxylation is 1. The van der Waals surface area contributed by atoms with Gasteiger partial charge in [-0.05, 0) is 42.2 Å². The minimum atomic E-state index is -0.130. The van der Waals surface area contributed by atoms with Gasteiger partial charge in [0.1, 0.15) is 6.33 Å². The Morgan fingerprint density at radius 1 is 1.16 bits per heavy atom. The number of para-hydroxylation sites is 1. The van der Waals surface area contributed by atoms with Crippen molar-refractivity contribution in [2.45, 2.75) is 38.4 Å². The minimum absolute atomic E-state index is 0.0554. The average molecular weight is 453 g/mol. The summed E-state index contributed by atoms with van der Waals surface area (Å²) in [5.74, 6) is 1.90. The van der Waals surface area contributed by atoms with E-state index in [-0.39, 0.29) is 23.6 Å². The third kappa shape index (κ3) is 5.07. The zero-order valence-electron chi connectivity index (χ0n) is 18.6. The zero-order valence-corrected chi connectivity index (χ0v) is 19.4. The van der Waals surface area contributed by atoms with E-state index in [1.54, 1.807) is 6.33 Å². The van der Waals surface area contributed by atoms with Crippen molar-refractivity contribution in [2.75, 3.05) is 19.0 Å². The van der Waals surface area contributed by atoms with E-state index in [1.807, 2.05) is 54.0 Å². The van der Waals surface area contributed by atoms with Crippen molar-refractivity contribution in [3.63, 3.8) is 0 Å². The number of nitrogens with zero attached hydrogens (tertiary/aromatic N) is 3. The normalized spacial score (nSPS) is 14.1. The Balaban J connectivity index is 1.44. The maximum Gasteiger partial charge on any atom is 0.230 e. The summed E-state index contributed by atoms with van der Waals surface area (Å²) in [6.45, 7) is 7.51. The van der Waals surface area contributed by atoms with Crippen LogP contribution in [0.5, 0.6) is 11.5 Å². The fraction of sp³-hybridized carbons (Fsp3) is 0.375. The topological polar surface area (TPSA) is 78.3 Å². The van der Waals surface area contributed by atoms with Gasteiger partial charge in [0, 0.05) is 6.42 Å². The number of carbonyl (C=O) groups is 1. The van der Waals surface area contributed by atoms with E-state index in [0.717, 1.165) is 34.7 Å². The first kappa shape index (κ1) is 22.2. The second-order valence-corrected chi connectivity index (χ2v) is 9.05. The second kappa shape index (κ2) is 10.1. The van der Waals surface area contributed by atoms with Crippen LogP contribution in [0.3, 0.4) is 0 Å². The van der Waals surface area contributed by atoms with Gasteiger partial charge in [-0.3, -0.25) is 9.36 Å². The SMILES string of the molecule is Cc1ccccc1-n1cnnc1SCC(=O)NC(c1ccc2c(c1)OCCCO2)C(C)C. The highest BCUT2D eigenvalue weighted by molar-refractivity contribution is 7.99. The van der Waals surface area contributed by atoms with Gasteiger partial charge in [0.25, 0.3) is 0 Å². The molecule has 1 aromatic heterocycles. The van der Waals surface area contributed by atoms with Crippen molar-refractivity contribution in [1.82, 2.24) is 20.1 Å². The quantitative estimate of drug-likeness (QED) is 0.537. The van der Waals surface area contributed by atoms with Gasteiger partial charge in [0.15, 0.2) is 16.7 Å². The van der Waals surface area contributed by atoms with Crippen molar-refractivity contribution >= 4 is 17.7 Å². The number of fused-ring (bicyclic) bond motifs is 1. The predicted octanol–water partition coefficient (Wildman–Crippen LogP) is 4.34. The molecule has 2 heterocycles. The molecule has 32 heavy (non-hydrogen) atoms. The number of hydrogen-bond donors (Lipinski definition) is 1. The molecule has 2 aromatic carbocycles. The van der Waals surface area contributed by atoms with Crippen LogP contribution < -0.4 is 14.8 Å². The molecule has 1 unspecified atom stereocenters. The molecule has 168 valence electrons. The van der Waals surface area contributed by atoms with Crippen molar-refractivity contribution in [3.05, 3.63) is 59.9 Å². The lowest BCUT2D eigenvalue weighted by Crippen LogP contribution is -2.33. The van der Waals surface area contributed by atoms with Crippen LogP contribution in [-0.4, -0.2) is 39.6 Å². The highest BCUT2D eigenvalue weighted by Gasteiger charge is 2.22. The first-order chi connectivity index (χ1) is 15.5. The molecule has 1 aliphatic heterocycles. The fourth-order valence-electron chi connectivity index (χ4n) is 3.68. The van der Waals surface area contributed by atoms with Crippen LogP contribution in [-0.2, 0) is 4.79 Å². The molecule has 1 atom stereocenters. The third-order valence-electron chi connectivity index (χ3n) is 5.34. The summed E-state index contributed by atoms with van der Waals surface area (Å²) in [6, 6.07) is 13.8. The van der Waals surface area contributed by atoms with Gasteiger partial charge < -0.3 is 14.8 Å². The number of thioether (sulfide) groups is 1.